The number of nitrogens with zero attached hydrogens (tertiary/aromatic N) is 4. The lowest BCUT2D eigenvalue weighted by Gasteiger charge is -2.06. The maximum atomic E-state index is 13.5. The van der Waals surface area contributed by atoms with Crippen LogP contribution in [0.25, 0.3) is 0 Å². The van der Waals surface area contributed by atoms with E-state index in [4.69, 9.17) is 4.52 Å². The quantitative estimate of drug-likeness (QED) is 0.748. The molecule has 0 atom stereocenters. The molecule has 1 aromatic carbocycles. The number of halogens is 1. The van der Waals surface area contributed by atoms with Gasteiger partial charge in [0.1, 0.15) is 11.6 Å². The van der Waals surface area contributed by atoms with Gasteiger partial charge in [0.15, 0.2) is 11.6 Å². The molecular weight excluding hydrogens is 287 g/mol. The summed E-state index contributed by atoms with van der Waals surface area (Å²) >= 11 is 0. The molecule has 0 spiro atoms. The highest BCUT2D eigenvalue weighted by atomic mass is 19.1. The van der Waals surface area contributed by atoms with Crippen LogP contribution in [-0.2, 0) is 6.54 Å². The lowest BCUT2D eigenvalue weighted by Crippen LogP contribution is -2.07. The second kappa shape index (κ2) is 6.17. The largest absolute Gasteiger partial charge is 0.360 e. The molecule has 112 valence electrons. The van der Waals surface area contributed by atoms with Gasteiger partial charge in [0.25, 0.3) is 0 Å². The van der Waals surface area contributed by atoms with Gasteiger partial charge >= 0.3 is 0 Å². The Labute approximate surface area is 125 Å². The van der Waals surface area contributed by atoms with Crippen molar-refractivity contribution in [2.45, 2.75) is 13.5 Å². The van der Waals surface area contributed by atoms with E-state index < -0.39 is 0 Å². The molecule has 2 heterocycles. The van der Waals surface area contributed by atoms with E-state index in [9.17, 15) is 4.39 Å². The normalized spacial score (nSPS) is 10.5. The fourth-order valence-electron chi connectivity index (χ4n) is 1.81. The Morgan fingerprint density at radius 3 is 2.86 bits per heavy atom. The lowest BCUT2D eigenvalue weighted by molar-refractivity contribution is 0.400. The Bertz CT molecular complexity index is 775. The predicted molar refractivity (Wildman–Crippen MR) is 78.1 cm³/mol. The number of anilines is 3. The third-order valence-corrected chi connectivity index (χ3v) is 2.84. The maximum absolute atomic E-state index is 13.5. The summed E-state index contributed by atoms with van der Waals surface area (Å²) in [7, 11) is 0. The Kier molecular flexibility index (Phi) is 3.90. The number of nitrogens with one attached hydrogen (secondary N) is 2. The number of hydrogen-bond donors (Lipinski definition) is 2. The van der Waals surface area contributed by atoms with Crippen LogP contribution in [0.15, 0.2) is 41.1 Å². The van der Waals surface area contributed by atoms with Gasteiger partial charge in [-0.25, -0.2) is 4.39 Å². The number of benzene rings is 1. The van der Waals surface area contributed by atoms with E-state index in [1.165, 1.54) is 12.3 Å². The number of aromatic nitrogens is 4. The first-order chi connectivity index (χ1) is 10.7. The molecule has 0 saturated carbocycles. The van der Waals surface area contributed by atoms with Crippen molar-refractivity contribution in [3.63, 3.8) is 0 Å². The Morgan fingerprint density at radius 1 is 1.23 bits per heavy atom. The summed E-state index contributed by atoms with van der Waals surface area (Å²) < 4.78 is 18.5. The van der Waals surface area contributed by atoms with Crippen LogP contribution >= 0.6 is 0 Å². The number of aryl methyl sites for hydroxylation is 1. The Hall–Kier alpha value is -3.03. The van der Waals surface area contributed by atoms with Crippen LogP contribution in [0, 0.1) is 12.7 Å². The van der Waals surface area contributed by atoms with Gasteiger partial charge < -0.3 is 15.2 Å². The highest BCUT2D eigenvalue weighted by Gasteiger charge is 2.05. The highest BCUT2D eigenvalue weighted by molar-refractivity contribution is 5.51. The van der Waals surface area contributed by atoms with Crippen LogP contribution < -0.4 is 10.6 Å². The van der Waals surface area contributed by atoms with E-state index in [-0.39, 0.29) is 18.3 Å². The first-order valence-corrected chi connectivity index (χ1v) is 6.58. The molecule has 0 aliphatic rings. The van der Waals surface area contributed by atoms with Crippen LogP contribution in [-0.4, -0.2) is 20.3 Å². The molecule has 0 radical (unpaired) electrons. The van der Waals surface area contributed by atoms with E-state index in [2.05, 4.69) is 31.0 Å². The fraction of sp³-hybridized carbons (Fsp3) is 0.143. The minimum atomic E-state index is -0.282. The molecule has 3 aromatic rings. The van der Waals surface area contributed by atoms with Crippen molar-refractivity contribution in [2.24, 2.45) is 0 Å². The van der Waals surface area contributed by atoms with Crippen molar-refractivity contribution in [3.8, 4) is 0 Å². The second-order valence-corrected chi connectivity index (χ2v) is 4.56. The SMILES string of the molecule is Cc1cc(Nc2cnnc(NCc3ccccc3F)n2)no1. The molecule has 2 aromatic heterocycles. The van der Waals surface area contributed by atoms with Gasteiger partial charge in [-0.1, -0.05) is 23.4 Å². The summed E-state index contributed by atoms with van der Waals surface area (Å²) in [6.07, 6.45) is 1.46. The van der Waals surface area contributed by atoms with Crippen molar-refractivity contribution >= 4 is 17.6 Å². The molecule has 0 aliphatic heterocycles. The van der Waals surface area contributed by atoms with Crippen LogP contribution in [0.5, 0.6) is 0 Å². The molecular formula is C14H13FN6O. The van der Waals surface area contributed by atoms with Crippen molar-refractivity contribution in [2.75, 3.05) is 10.6 Å². The molecule has 22 heavy (non-hydrogen) atoms. The van der Waals surface area contributed by atoms with E-state index in [1.54, 1.807) is 31.2 Å². The minimum absolute atomic E-state index is 0.265. The van der Waals surface area contributed by atoms with Crippen LogP contribution in [0.4, 0.5) is 22.0 Å². The van der Waals surface area contributed by atoms with E-state index >= 15 is 0 Å². The standard InChI is InChI=1S/C14H13FN6O/c1-9-6-12(21-22-9)18-13-8-17-20-14(19-13)16-7-10-4-2-3-5-11(10)15/h2-6,8H,7H2,1H3,(H2,16,18,19,20,21). The summed E-state index contributed by atoms with van der Waals surface area (Å²) in [5.74, 6) is 1.67. The molecule has 2 N–H and O–H groups in total. The lowest BCUT2D eigenvalue weighted by atomic mass is 10.2. The maximum Gasteiger partial charge on any atom is 0.244 e. The first kappa shape index (κ1) is 13.9. The first-order valence-electron chi connectivity index (χ1n) is 6.58. The molecule has 0 fully saturated rings. The number of rotatable bonds is 5. The van der Waals surface area contributed by atoms with Crippen molar-refractivity contribution in [3.05, 3.63) is 53.7 Å². The summed E-state index contributed by atoms with van der Waals surface area (Å²) in [6.45, 7) is 2.05. The van der Waals surface area contributed by atoms with Crippen molar-refractivity contribution < 1.29 is 8.91 Å². The highest BCUT2D eigenvalue weighted by Crippen LogP contribution is 2.14. The van der Waals surface area contributed by atoms with Gasteiger partial charge in [-0.05, 0) is 13.0 Å². The van der Waals surface area contributed by atoms with E-state index in [1.807, 2.05) is 0 Å². The molecule has 0 aliphatic carbocycles. The van der Waals surface area contributed by atoms with Gasteiger partial charge in [-0.3, -0.25) is 0 Å². The molecule has 7 nitrogen and oxygen atoms in total. The van der Waals surface area contributed by atoms with Gasteiger partial charge in [-0.2, -0.15) is 10.1 Å². The molecule has 0 bridgehead atoms. The van der Waals surface area contributed by atoms with Crippen LogP contribution in [0.3, 0.4) is 0 Å². The minimum Gasteiger partial charge on any atom is -0.360 e. The van der Waals surface area contributed by atoms with E-state index in [0.29, 0.717) is 23.0 Å². The topological polar surface area (TPSA) is 88.8 Å². The molecule has 3 rings (SSSR count). The molecule has 0 saturated heterocycles. The predicted octanol–water partition coefficient (Wildman–Crippen LogP) is 2.66. The summed E-state index contributed by atoms with van der Waals surface area (Å²) in [5.41, 5.74) is 0.525. The average molecular weight is 300 g/mol. The van der Waals surface area contributed by atoms with Crippen LogP contribution in [0.2, 0.25) is 0 Å². The summed E-state index contributed by atoms with van der Waals surface area (Å²) in [6, 6.07) is 8.23. The number of hydrogen-bond acceptors (Lipinski definition) is 7. The average Bonchev–Trinajstić information content (AvgIpc) is 2.92. The smallest absolute Gasteiger partial charge is 0.244 e. The molecule has 8 heteroatoms. The molecule has 0 unspecified atom stereocenters. The van der Waals surface area contributed by atoms with E-state index in [0.717, 1.165) is 0 Å². The second-order valence-electron chi connectivity index (χ2n) is 4.56. The zero-order chi connectivity index (χ0) is 15.4. The Morgan fingerprint density at radius 2 is 2.09 bits per heavy atom. The van der Waals surface area contributed by atoms with Gasteiger partial charge in [0, 0.05) is 18.2 Å². The summed E-state index contributed by atoms with van der Waals surface area (Å²) in [4.78, 5) is 4.22. The zero-order valence-corrected chi connectivity index (χ0v) is 11.7. The van der Waals surface area contributed by atoms with Gasteiger partial charge in [-0.15, -0.1) is 5.10 Å². The van der Waals surface area contributed by atoms with Crippen molar-refractivity contribution in [1.29, 1.82) is 0 Å². The zero-order valence-electron chi connectivity index (χ0n) is 11.7. The Balaban J connectivity index is 1.67. The van der Waals surface area contributed by atoms with Gasteiger partial charge in [0.05, 0.1) is 6.20 Å². The molecule has 0 amide bonds. The van der Waals surface area contributed by atoms with Gasteiger partial charge in [0.2, 0.25) is 5.95 Å². The third kappa shape index (κ3) is 3.35. The monoisotopic (exact) mass is 300 g/mol. The summed E-state index contributed by atoms with van der Waals surface area (Å²) in [5, 5.41) is 17.4. The van der Waals surface area contributed by atoms with Crippen LogP contribution in [0.1, 0.15) is 11.3 Å². The third-order valence-electron chi connectivity index (χ3n) is 2.84. The van der Waals surface area contributed by atoms with Crippen molar-refractivity contribution in [1.82, 2.24) is 20.3 Å². The fourth-order valence-corrected chi connectivity index (χ4v) is 1.81.